The van der Waals surface area contributed by atoms with Gasteiger partial charge in [0.25, 0.3) is 5.91 Å². The Morgan fingerprint density at radius 3 is 2.44 bits per heavy atom. The van der Waals surface area contributed by atoms with Gasteiger partial charge in [-0.05, 0) is 34.7 Å². The van der Waals surface area contributed by atoms with E-state index in [-0.39, 0.29) is 5.39 Å². The standard InChI is InChI=1S/C22H20FN3O5S/c23-21-18-10-17(31-8-7-25-11-15-3-1-2-4-16(15)12-25)6-5-14(18)9-19(27)22(21)26-13-20(28)24-32(26,29)30/h1-6,9-10,27H,7-8,11-13H2,(H,24,28). The topological polar surface area (TPSA) is 99.2 Å². The van der Waals surface area contributed by atoms with Gasteiger partial charge in [0.15, 0.2) is 5.82 Å². The van der Waals surface area contributed by atoms with E-state index >= 15 is 4.39 Å². The lowest BCUT2D eigenvalue weighted by Gasteiger charge is -2.19. The summed E-state index contributed by atoms with van der Waals surface area (Å²) in [5.41, 5.74) is 2.04. The highest BCUT2D eigenvalue weighted by Gasteiger charge is 2.37. The van der Waals surface area contributed by atoms with E-state index in [2.05, 4.69) is 17.0 Å². The van der Waals surface area contributed by atoms with Crippen LogP contribution in [0.1, 0.15) is 11.1 Å². The Hall–Kier alpha value is -3.37. The van der Waals surface area contributed by atoms with E-state index in [4.69, 9.17) is 4.74 Å². The summed E-state index contributed by atoms with van der Waals surface area (Å²) in [5.74, 6) is -1.90. The van der Waals surface area contributed by atoms with Crippen LogP contribution >= 0.6 is 0 Å². The molecule has 0 aromatic heterocycles. The molecule has 2 aliphatic heterocycles. The maximum Gasteiger partial charge on any atom is 0.326 e. The minimum absolute atomic E-state index is 0.0819. The summed E-state index contributed by atoms with van der Waals surface area (Å²) in [5, 5.41) is 10.7. The zero-order valence-electron chi connectivity index (χ0n) is 16.9. The van der Waals surface area contributed by atoms with Crippen LogP contribution in [0.25, 0.3) is 10.8 Å². The number of hydrogen-bond acceptors (Lipinski definition) is 6. The van der Waals surface area contributed by atoms with E-state index < -0.39 is 39.9 Å². The number of aromatic hydroxyl groups is 1. The molecule has 8 nitrogen and oxygen atoms in total. The molecule has 0 spiro atoms. The van der Waals surface area contributed by atoms with Gasteiger partial charge in [0, 0.05) is 25.0 Å². The van der Waals surface area contributed by atoms with E-state index in [1.165, 1.54) is 23.3 Å². The van der Waals surface area contributed by atoms with E-state index in [1.807, 2.05) is 12.1 Å². The Balaban J connectivity index is 1.35. The molecule has 1 fully saturated rings. The summed E-state index contributed by atoms with van der Waals surface area (Å²) in [6.07, 6.45) is 0. The Kier molecular flexibility index (Phi) is 4.90. The van der Waals surface area contributed by atoms with Crippen molar-refractivity contribution in [2.24, 2.45) is 0 Å². The summed E-state index contributed by atoms with van der Waals surface area (Å²) in [6.45, 7) is 2.19. The van der Waals surface area contributed by atoms with E-state index in [0.717, 1.165) is 13.1 Å². The van der Waals surface area contributed by atoms with Crippen LogP contribution in [-0.2, 0) is 28.1 Å². The number of halogens is 1. The van der Waals surface area contributed by atoms with E-state index in [1.54, 1.807) is 16.9 Å². The number of fused-ring (bicyclic) bond motifs is 2. The lowest BCUT2D eigenvalue weighted by atomic mass is 10.1. The van der Waals surface area contributed by atoms with Crippen molar-refractivity contribution in [1.82, 2.24) is 9.62 Å². The Morgan fingerprint density at radius 2 is 1.78 bits per heavy atom. The molecule has 166 valence electrons. The Morgan fingerprint density at radius 1 is 1.06 bits per heavy atom. The summed E-state index contributed by atoms with van der Waals surface area (Å²) in [4.78, 5) is 13.8. The number of carbonyl (C=O) groups is 1. The van der Waals surface area contributed by atoms with Gasteiger partial charge in [-0.15, -0.1) is 0 Å². The van der Waals surface area contributed by atoms with Crippen LogP contribution in [0.5, 0.6) is 11.5 Å². The highest BCUT2D eigenvalue weighted by atomic mass is 32.2. The van der Waals surface area contributed by atoms with Crippen LogP contribution in [-0.4, -0.2) is 44.0 Å². The van der Waals surface area contributed by atoms with E-state index in [9.17, 15) is 18.3 Å². The van der Waals surface area contributed by atoms with Gasteiger partial charge in [0.1, 0.15) is 30.3 Å². The van der Waals surface area contributed by atoms with Crippen molar-refractivity contribution in [2.75, 3.05) is 24.0 Å². The SMILES string of the molecule is O=C1CN(c2c(O)cc3ccc(OCCN4Cc5ccccc5C4)cc3c2F)S(=O)(=O)N1. The predicted octanol–water partition coefficient (Wildman–Crippen LogP) is 2.26. The van der Waals surface area contributed by atoms with Crippen molar-refractivity contribution in [1.29, 1.82) is 0 Å². The highest BCUT2D eigenvalue weighted by Crippen LogP contribution is 2.39. The molecular weight excluding hydrogens is 437 g/mol. The number of phenolic OH excluding ortho intramolecular Hbond substituents is 1. The van der Waals surface area contributed by atoms with Crippen LogP contribution in [0, 0.1) is 5.82 Å². The van der Waals surface area contributed by atoms with Gasteiger partial charge >= 0.3 is 10.2 Å². The fourth-order valence-corrected chi connectivity index (χ4v) is 5.30. The molecule has 0 bridgehead atoms. The van der Waals surface area contributed by atoms with Gasteiger partial charge < -0.3 is 9.84 Å². The number of hydrogen-bond donors (Lipinski definition) is 2. The van der Waals surface area contributed by atoms with Gasteiger partial charge in [-0.25, -0.2) is 13.4 Å². The molecule has 0 aliphatic carbocycles. The molecule has 10 heteroatoms. The van der Waals surface area contributed by atoms with Crippen molar-refractivity contribution in [3.63, 3.8) is 0 Å². The number of nitrogens with zero attached hydrogens (tertiary/aromatic N) is 2. The molecule has 2 aliphatic rings. The number of nitrogens with one attached hydrogen (secondary N) is 1. The van der Waals surface area contributed by atoms with Crippen molar-refractivity contribution in [3.8, 4) is 11.5 Å². The first-order valence-corrected chi connectivity index (χ1v) is 11.5. The fourth-order valence-electron chi connectivity index (χ4n) is 4.13. The normalized spacial score (nSPS) is 17.5. The van der Waals surface area contributed by atoms with Crippen LogP contribution in [0.15, 0.2) is 48.5 Å². The zero-order chi connectivity index (χ0) is 22.5. The number of rotatable bonds is 5. The summed E-state index contributed by atoms with van der Waals surface area (Å²) in [7, 11) is -4.26. The fraction of sp³-hybridized carbons (Fsp3) is 0.227. The lowest BCUT2D eigenvalue weighted by molar-refractivity contribution is -0.117. The molecule has 0 saturated carbocycles. The number of phenols is 1. The molecule has 5 rings (SSSR count). The van der Waals surface area contributed by atoms with Gasteiger partial charge in [-0.1, -0.05) is 30.3 Å². The summed E-state index contributed by atoms with van der Waals surface area (Å²) >= 11 is 0. The van der Waals surface area contributed by atoms with Crippen LogP contribution in [0.4, 0.5) is 10.1 Å². The molecule has 0 radical (unpaired) electrons. The number of benzene rings is 3. The number of anilines is 1. The first-order chi connectivity index (χ1) is 15.3. The van der Waals surface area contributed by atoms with Crippen LogP contribution < -0.4 is 13.8 Å². The Labute approximate surface area is 184 Å². The zero-order valence-corrected chi connectivity index (χ0v) is 17.7. The quantitative estimate of drug-likeness (QED) is 0.610. The molecule has 1 amide bonds. The third kappa shape index (κ3) is 3.61. The van der Waals surface area contributed by atoms with Crippen molar-refractivity contribution >= 4 is 32.6 Å². The van der Waals surface area contributed by atoms with Crippen molar-refractivity contribution in [2.45, 2.75) is 13.1 Å². The molecule has 3 aromatic rings. The number of carbonyl (C=O) groups excluding carboxylic acids is 1. The number of ether oxygens (including phenoxy) is 1. The first-order valence-electron chi connectivity index (χ1n) is 10.0. The van der Waals surface area contributed by atoms with Gasteiger partial charge in [0.2, 0.25) is 0 Å². The monoisotopic (exact) mass is 457 g/mol. The second-order valence-corrected chi connectivity index (χ2v) is 9.40. The summed E-state index contributed by atoms with van der Waals surface area (Å²) in [6, 6.07) is 14.2. The molecule has 0 unspecified atom stereocenters. The minimum Gasteiger partial charge on any atom is -0.506 e. The Bertz CT molecular complexity index is 1320. The van der Waals surface area contributed by atoms with Gasteiger partial charge in [0.05, 0.1) is 0 Å². The smallest absolute Gasteiger partial charge is 0.326 e. The largest absolute Gasteiger partial charge is 0.506 e. The van der Waals surface area contributed by atoms with Gasteiger partial charge in [-0.2, -0.15) is 8.42 Å². The first kappa shape index (κ1) is 20.5. The highest BCUT2D eigenvalue weighted by molar-refractivity contribution is 7.92. The predicted molar refractivity (Wildman–Crippen MR) is 116 cm³/mol. The third-order valence-electron chi connectivity index (χ3n) is 5.66. The molecule has 1 saturated heterocycles. The maximum atomic E-state index is 15.3. The lowest BCUT2D eigenvalue weighted by Crippen LogP contribution is -2.30. The second-order valence-electron chi connectivity index (χ2n) is 7.81. The average Bonchev–Trinajstić information content (AvgIpc) is 3.27. The second kappa shape index (κ2) is 7.64. The third-order valence-corrected chi connectivity index (χ3v) is 7.03. The molecule has 32 heavy (non-hydrogen) atoms. The molecule has 0 atom stereocenters. The molecule has 2 N–H and O–H groups in total. The number of amides is 1. The maximum absolute atomic E-state index is 15.3. The minimum atomic E-state index is -4.26. The van der Waals surface area contributed by atoms with Gasteiger partial charge in [-0.3, -0.25) is 9.69 Å². The average molecular weight is 457 g/mol. The van der Waals surface area contributed by atoms with E-state index in [0.29, 0.717) is 28.6 Å². The molecular formula is C22H20FN3O5S. The summed E-state index contributed by atoms with van der Waals surface area (Å²) < 4.78 is 47.6. The molecule has 3 aromatic carbocycles. The van der Waals surface area contributed by atoms with Crippen molar-refractivity contribution in [3.05, 3.63) is 65.5 Å². The van der Waals surface area contributed by atoms with Crippen molar-refractivity contribution < 1.29 is 27.4 Å². The van der Waals surface area contributed by atoms with Crippen LogP contribution in [0.2, 0.25) is 0 Å². The molecule has 2 heterocycles. The van der Waals surface area contributed by atoms with Crippen LogP contribution in [0.3, 0.4) is 0 Å².